The third-order valence-corrected chi connectivity index (χ3v) is 3.04. The molecule has 2 N–H and O–H groups in total. The molecule has 0 saturated carbocycles. The van der Waals surface area contributed by atoms with E-state index in [0.29, 0.717) is 12.0 Å². The quantitative estimate of drug-likeness (QED) is 0.846. The van der Waals surface area contributed by atoms with Crippen molar-refractivity contribution in [2.45, 2.75) is 33.2 Å². The maximum absolute atomic E-state index is 9.36. The Hall–Kier alpha value is -1.22. The number of hydrogen-bond donors (Lipinski definition) is 2. The van der Waals surface area contributed by atoms with Crippen molar-refractivity contribution in [3.05, 3.63) is 23.8 Å². The van der Waals surface area contributed by atoms with E-state index in [-0.39, 0.29) is 11.8 Å². The van der Waals surface area contributed by atoms with Gasteiger partial charge in [-0.05, 0) is 30.5 Å². The second-order valence-electron chi connectivity index (χ2n) is 5.85. The monoisotopic (exact) mass is 235 g/mol. The summed E-state index contributed by atoms with van der Waals surface area (Å²) in [7, 11) is 0. The SMILES string of the molecule is CC(C)(C)CCNC1COc2cc(O)ccc21. The minimum absolute atomic E-state index is 0.257. The van der Waals surface area contributed by atoms with Gasteiger partial charge in [-0.15, -0.1) is 0 Å². The number of nitrogens with one attached hydrogen (secondary N) is 1. The van der Waals surface area contributed by atoms with E-state index in [1.54, 1.807) is 12.1 Å². The number of phenolic OH excluding ortho intramolecular Hbond substituents is 1. The van der Waals surface area contributed by atoms with Gasteiger partial charge >= 0.3 is 0 Å². The maximum Gasteiger partial charge on any atom is 0.127 e. The third kappa shape index (κ3) is 3.13. The molecule has 2 rings (SSSR count). The Labute approximate surface area is 103 Å². The molecule has 0 spiro atoms. The number of ether oxygens (including phenoxy) is 1. The highest BCUT2D eigenvalue weighted by Gasteiger charge is 2.24. The van der Waals surface area contributed by atoms with Gasteiger partial charge in [0.05, 0.1) is 6.04 Å². The molecular weight excluding hydrogens is 214 g/mol. The van der Waals surface area contributed by atoms with Crippen LogP contribution in [-0.4, -0.2) is 18.3 Å². The molecule has 3 heteroatoms. The maximum atomic E-state index is 9.36. The lowest BCUT2D eigenvalue weighted by atomic mass is 9.92. The summed E-state index contributed by atoms with van der Waals surface area (Å²) in [5, 5.41) is 12.9. The topological polar surface area (TPSA) is 41.5 Å². The van der Waals surface area contributed by atoms with E-state index >= 15 is 0 Å². The molecule has 0 saturated heterocycles. The first-order valence-electron chi connectivity index (χ1n) is 6.15. The molecule has 1 atom stereocenters. The van der Waals surface area contributed by atoms with Crippen molar-refractivity contribution < 1.29 is 9.84 Å². The smallest absolute Gasteiger partial charge is 0.127 e. The molecule has 0 aromatic heterocycles. The summed E-state index contributed by atoms with van der Waals surface area (Å²) in [4.78, 5) is 0. The van der Waals surface area contributed by atoms with Crippen molar-refractivity contribution >= 4 is 0 Å². The second kappa shape index (κ2) is 4.57. The Morgan fingerprint density at radius 1 is 1.41 bits per heavy atom. The second-order valence-corrected chi connectivity index (χ2v) is 5.85. The normalized spacial score (nSPS) is 18.9. The Morgan fingerprint density at radius 2 is 2.18 bits per heavy atom. The zero-order valence-corrected chi connectivity index (χ0v) is 10.8. The Bertz CT molecular complexity index is 396. The molecule has 0 radical (unpaired) electrons. The molecular formula is C14H21NO2. The zero-order chi connectivity index (χ0) is 12.5. The lowest BCUT2D eigenvalue weighted by molar-refractivity contribution is 0.296. The van der Waals surface area contributed by atoms with E-state index in [4.69, 9.17) is 4.74 Å². The van der Waals surface area contributed by atoms with Crippen LogP contribution in [0.4, 0.5) is 0 Å². The molecule has 1 aliphatic rings. The highest BCUT2D eigenvalue weighted by molar-refractivity contribution is 5.44. The van der Waals surface area contributed by atoms with Crippen LogP contribution in [0.3, 0.4) is 0 Å². The summed E-state index contributed by atoms with van der Waals surface area (Å²) in [6.45, 7) is 8.37. The predicted octanol–water partition coefficient (Wildman–Crippen LogP) is 2.85. The van der Waals surface area contributed by atoms with Crippen LogP contribution < -0.4 is 10.1 Å². The summed E-state index contributed by atoms with van der Waals surface area (Å²) < 4.78 is 5.55. The van der Waals surface area contributed by atoms with Crippen LogP contribution in [0.15, 0.2) is 18.2 Å². The number of rotatable bonds is 3. The molecule has 0 fully saturated rings. The van der Waals surface area contributed by atoms with Gasteiger partial charge in [-0.3, -0.25) is 0 Å². The van der Waals surface area contributed by atoms with Crippen molar-refractivity contribution in [2.24, 2.45) is 5.41 Å². The average Bonchev–Trinajstić information content (AvgIpc) is 2.59. The fourth-order valence-electron chi connectivity index (χ4n) is 1.99. The minimum Gasteiger partial charge on any atom is -0.508 e. The number of benzene rings is 1. The standard InChI is InChI=1S/C14H21NO2/c1-14(2,3)6-7-15-12-9-17-13-8-10(16)4-5-11(12)13/h4-5,8,12,15-16H,6-7,9H2,1-3H3. The van der Waals surface area contributed by atoms with Gasteiger partial charge in [0, 0.05) is 11.6 Å². The number of fused-ring (bicyclic) bond motifs is 1. The van der Waals surface area contributed by atoms with Crippen LogP contribution in [0.5, 0.6) is 11.5 Å². The lowest BCUT2D eigenvalue weighted by Gasteiger charge is -2.20. The van der Waals surface area contributed by atoms with E-state index in [1.807, 2.05) is 6.07 Å². The van der Waals surface area contributed by atoms with Gasteiger partial charge in [-0.25, -0.2) is 0 Å². The first-order chi connectivity index (χ1) is 7.96. The summed E-state index contributed by atoms with van der Waals surface area (Å²) in [5.41, 5.74) is 1.50. The molecule has 1 aromatic rings. The van der Waals surface area contributed by atoms with Crippen LogP contribution >= 0.6 is 0 Å². The molecule has 1 heterocycles. The molecule has 3 nitrogen and oxygen atoms in total. The van der Waals surface area contributed by atoms with Crippen LogP contribution in [0.1, 0.15) is 38.8 Å². The molecule has 17 heavy (non-hydrogen) atoms. The largest absolute Gasteiger partial charge is 0.508 e. The summed E-state index contributed by atoms with van der Waals surface area (Å²) in [6.07, 6.45) is 1.14. The molecule has 1 aromatic carbocycles. The predicted molar refractivity (Wildman–Crippen MR) is 68.4 cm³/mol. The number of hydrogen-bond acceptors (Lipinski definition) is 3. The first kappa shape index (κ1) is 12.2. The Kier molecular flexibility index (Phi) is 3.29. The molecule has 1 unspecified atom stereocenters. The summed E-state index contributed by atoms with van der Waals surface area (Å²) in [6, 6.07) is 5.59. The molecule has 1 aliphatic heterocycles. The van der Waals surface area contributed by atoms with Crippen LogP contribution in [0.2, 0.25) is 0 Å². The van der Waals surface area contributed by atoms with Crippen molar-refractivity contribution in [2.75, 3.05) is 13.2 Å². The Balaban J connectivity index is 1.94. The molecule has 0 amide bonds. The van der Waals surface area contributed by atoms with Gasteiger partial charge in [0.1, 0.15) is 18.1 Å². The van der Waals surface area contributed by atoms with E-state index in [2.05, 4.69) is 26.1 Å². The summed E-state index contributed by atoms with van der Waals surface area (Å²) in [5.74, 6) is 1.07. The fourth-order valence-corrected chi connectivity index (χ4v) is 1.99. The van der Waals surface area contributed by atoms with Crippen molar-refractivity contribution in [1.29, 1.82) is 0 Å². The van der Waals surface area contributed by atoms with Gasteiger partial charge in [0.25, 0.3) is 0 Å². The van der Waals surface area contributed by atoms with Gasteiger partial charge in [-0.1, -0.05) is 20.8 Å². The van der Waals surface area contributed by atoms with E-state index in [0.717, 1.165) is 24.3 Å². The summed E-state index contributed by atoms with van der Waals surface area (Å²) >= 11 is 0. The van der Waals surface area contributed by atoms with E-state index in [9.17, 15) is 5.11 Å². The number of phenols is 1. The van der Waals surface area contributed by atoms with Crippen molar-refractivity contribution in [3.63, 3.8) is 0 Å². The van der Waals surface area contributed by atoms with Crippen LogP contribution in [-0.2, 0) is 0 Å². The van der Waals surface area contributed by atoms with Gasteiger partial charge in [-0.2, -0.15) is 0 Å². The van der Waals surface area contributed by atoms with E-state index < -0.39 is 0 Å². The van der Waals surface area contributed by atoms with Crippen molar-refractivity contribution in [1.82, 2.24) is 5.32 Å². The fraction of sp³-hybridized carbons (Fsp3) is 0.571. The van der Waals surface area contributed by atoms with Gasteiger partial charge in [0.2, 0.25) is 0 Å². The molecule has 94 valence electrons. The Morgan fingerprint density at radius 3 is 2.88 bits per heavy atom. The average molecular weight is 235 g/mol. The van der Waals surface area contributed by atoms with Crippen LogP contribution in [0.25, 0.3) is 0 Å². The first-order valence-corrected chi connectivity index (χ1v) is 6.15. The van der Waals surface area contributed by atoms with Crippen LogP contribution in [0, 0.1) is 5.41 Å². The van der Waals surface area contributed by atoms with Gasteiger partial charge in [0.15, 0.2) is 0 Å². The molecule has 0 bridgehead atoms. The minimum atomic E-state index is 0.257. The lowest BCUT2D eigenvalue weighted by Crippen LogP contribution is -2.26. The highest BCUT2D eigenvalue weighted by atomic mass is 16.5. The highest BCUT2D eigenvalue weighted by Crippen LogP contribution is 2.34. The van der Waals surface area contributed by atoms with Crippen molar-refractivity contribution in [3.8, 4) is 11.5 Å². The van der Waals surface area contributed by atoms with Gasteiger partial charge < -0.3 is 15.2 Å². The molecule has 0 aliphatic carbocycles. The zero-order valence-electron chi connectivity index (χ0n) is 10.8. The third-order valence-electron chi connectivity index (χ3n) is 3.04. The number of aromatic hydroxyl groups is 1. The van der Waals surface area contributed by atoms with E-state index in [1.165, 1.54) is 0 Å².